The average molecular weight is 340 g/mol. The Bertz CT molecular complexity index is 671. The summed E-state index contributed by atoms with van der Waals surface area (Å²) in [5, 5.41) is 1.01. The molecule has 0 radical (unpaired) electrons. The van der Waals surface area contributed by atoms with Crippen molar-refractivity contribution in [3.63, 3.8) is 0 Å². The predicted octanol–water partition coefficient (Wildman–Crippen LogP) is 2.18. The van der Waals surface area contributed by atoms with Gasteiger partial charge in [-0.3, -0.25) is 4.99 Å². The molecule has 0 amide bonds. The smallest absolute Gasteiger partial charge is 0.164 e. The lowest BCUT2D eigenvalue weighted by Gasteiger charge is -2.23. The van der Waals surface area contributed by atoms with E-state index in [9.17, 15) is 8.42 Å². The molecule has 5 nitrogen and oxygen atoms in total. The van der Waals surface area contributed by atoms with E-state index in [0.717, 1.165) is 23.1 Å². The van der Waals surface area contributed by atoms with Crippen LogP contribution in [0.1, 0.15) is 13.8 Å². The normalized spacial score (nSPS) is 25.6. The van der Waals surface area contributed by atoms with E-state index in [0.29, 0.717) is 6.61 Å². The quantitative estimate of drug-likeness (QED) is 0.841. The molecule has 120 valence electrons. The fraction of sp³-hybridized carbons (Fsp3) is 0.533. The van der Waals surface area contributed by atoms with Crippen LogP contribution in [0, 0.1) is 0 Å². The SMILES string of the molecule is CCOc1ccc(N(CC)C2=N[C@@H]3CS(=O)(=O)C[C@@H]3S2)cc1. The van der Waals surface area contributed by atoms with Gasteiger partial charge in [0.25, 0.3) is 0 Å². The van der Waals surface area contributed by atoms with Crippen molar-refractivity contribution >= 4 is 32.5 Å². The maximum atomic E-state index is 11.6. The molecular weight excluding hydrogens is 320 g/mol. The van der Waals surface area contributed by atoms with Gasteiger partial charge in [-0.05, 0) is 38.1 Å². The van der Waals surface area contributed by atoms with Crippen molar-refractivity contribution in [2.45, 2.75) is 25.1 Å². The molecule has 1 fully saturated rings. The van der Waals surface area contributed by atoms with Gasteiger partial charge in [0.1, 0.15) is 5.75 Å². The van der Waals surface area contributed by atoms with E-state index in [-0.39, 0.29) is 22.8 Å². The summed E-state index contributed by atoms with van der Waals surface area (Å²) < 4.78 is 28.8. The molecule has 0 unspecified atom stereocenters. The molecule has 2 atom stereocenters. The Kier molecular flexibility index (Phi) is 4.36. The van der Waals surface area contributed by atoms with Crippen LogP contribution >= 0.6 is 11.8 Å². The van der Waals surface area contributed by atoms with Gasteiger partial charge in [-0.25, -0.2) is 8.42 Å². The van der Waals surface area contributed by atoms with Gasteiger partial charge in [-0.2, -0.15) is 0 Å². The van der Waals surface area contributed by atoms with Gasteiger partial charge in [0, 0.05) is 17.5 Å². The molecule has 0 saturated carbocycles. The molecule has 1 aromatic carbocycles. The number of ether oxygens (including phenoxy) is 1. The molecule has 0 spiro atoms. The van der Waals surface area contributed by atoms with Crippen LogP contribution < -0.4 is 9.64 Å². The number of hydrogen-bond acceptors (Lipinski definition) is 6. The van der Waals surface area contributed by atoms with Crippen LogP contribution in [0.2, 0.25) is 0 Å². The summed E-state index contributed by atoms with van der Waals surface area (Å²) >= 11 is 1.59. The van der Waals surface area contributed by atoms with Crippen molar-refractivity contribution in [1.82, 2.24) is 0 Å². The van der Waals surface area contributed by atoms with E-state index >= 15 is 0 Å². The Morgan fingerprint density at radius 1 is 1.27 bits per heavy atom. The van der Waals surface area contributed by atoms with Gasteiger partial charge in [-0.1, -0.05) is 11.8 Å². The van der Waals surface area contributed by atoms with E-state index in [2.05, 4.69) is 16.8 Å². The number of benzene rings is 1. The number of sulfone groups is 1. The third-order valence-electron chi connectivity index (χ3n) is 3.81. The first-order chi connectivity index (χ1) is 10.5. The Labute approximate surface area is 135 Å². The summed E-state index contributed by atoms with van der Waals surface area (Å²) in [6, 6.07) is 7.85. The minimum Gasteiger partial charge on any atom is -0.494 e. The Balaban J connectivity index is 1.78. The molecule has 0 N–H and O–H groups in total. The molecular formula is C15H20N2O3S2. The zero-order valence-electron chi connectivity index (χ0n) is 12.7. The van der Waals surface area contributed by atoms with Crippen molar-refractivity contribution in [1.29, 1.82) is 0 Å². The predicted molar refractivity (Wildman–Crippen MR) is 91.9 cm³/mol. The first kappa shape index (κ1) is 15.7. The minimum absolute atomic E-state index is 0.0803. The Morgan fingerprint density at radius 2 is 2.00 bits per heavy atom. The lowest BCUT2D eigenvalue weighted by molar-refractivity contribution is 0.340. The summed E-state index contributed by atoms with van der Waals surface area (Å²) in [7, 11) is -2.90. The number of thioether (sulfide) groups is 1. The molecule has 0 aliphatic carbocycles. The summed E-state index contributed by atoms with van der Waals surface area (Å²) in [5.41, 5.74) is 1.06. The first-order valence-electron chi connectivity index (χ1n) is 7.47. The van der Waals surface area contributed by atoms with Crippen molar-refractivity contribution in [3.8, 4) is 5.75 Å². The third-order valence-corrected chi connectivity index (χ3v) is 7.06. The average Bonchev–Trinajstić information content (AvgIpc) is 2.95. The van der Waals surface area contributed by atoms with Crippen LogP contribution in [-0.2, 0) is 9.84 Å². The fourth-order valence-corrected chi connectivity index (χ4v) is 6.63. The lowest BCUT2D eigenvalue weighted by atomic mass is 10.2. The topological polar surface area (TPSA) is 59.0 Å². The zero-order chi connectivity index (χ0) is 15.7. The van der Waals surface area contributed by atoms with Crippen LogP contribution in [-0.4, -0.2) is 49.5 Å². The Hall–Kier alpha value is -1.21. The maximum absolute atomic E-state index is 11.6. The number of aliphatic imine (C=N–C) groups is 1. The molecule has 1 aromatic rings. The molecule has 1 saturated heterocycles. The van der Waals surface area contributed by atoms with Gasteiger partial charge < -0.3 is 9.64 Å². The third kappa shape index (κ3) is 3.10. The zero-order valence-corrected chi connectivity index (χ0v) is 14.4. The van der Waals surface area contributed by atoms with Gasteiger partial charge in [0.05, 0.1) is 24.2 Å². The van der Waals surface area contributed by atoms with E-state index in [1.54, 1.807) is 11.8 Å². The molecule has 3 rings (SSSR count). The molecule has 2 heterocycles. The van der Waals surface area contributed by atoms with Crippen LogP contribution in [0.5, 0.6) is 5.75 Å². The minimum atomic E-state index is -2.90. The lowest BCUT2D eigenvalue weighted by Crippen LogP contribution is -2.28. The number of rotatable bonds is 4. The summed E-state index contributed by atoms with van der Waals surface area (Å²) in [4.78, 5) is 6.78. The second kappa shape index (κ2) is 6.12. The van der Waals surface area contributed by atoms with Crippen LogP contribution in [0.4, 0.5) is 5.69 Å². The van der Waals surface area contributed by atoms with Crippen molar-refractivity contribution < 1.29 is 13.2 Å². The largest absolute Gasteiger partial charge is 0.494 e. The number of fused-ring (bicyclic) bond motifs is 1. The molecule has 2 aliphatic rings. The number of nitrogens with zero attached hydrogens (tertiary/aromatic N) is 2. The molecule has 7 heteroatoms. The maximum Gasteiger partial charge on any atom is 0.164 e. The van der Waals surface area contributed by atoms with Crippen LogP contribution in [0.15, 0.2) is 29.3 Å². The Morgan fingerprint density at radius 3 is 2.59 bits per heavy atom. The molecule has 0 aromatic heterocycles. The van der Waals surface area contributed by atoms with Gasteiger partial charge >= 0.3 is 0 Å². The summed E-state index contributed by atoms with van der Waals surface area (Å²) in [5.74, 6) is 1.29. The molecule has 0 bridgehead atoms. The fourth-order valence-electron chi connectivity index (χ4n) is 2.79. The van der Waals surface area contributed by atoms with Crippen LogP contribution in [0.25, 0.3) is 0 Å². The van der Waals surface area contributed by atoms with Crippen LogP contribution in [0.3, 0.4) is 0 Å². The standard InChI is InChI=1S/C15H20N2O3S2/c1-3-17(11-5-7-12(8-6-11)20-4-2)15-16-13-9-22(18,19)10-14(13)21-15/h5-8,13-14H,3-4,9-10H2,1-2H3/t13-,14+/m1/s1. The van der Waals surface area contributed by atoms with E-state index in [4.69, 9.17) is 4.74 Å². The van der Waals surface area contributed by atoms with Gasteiger partial charge in [-0.15, -0.1) is 0 Å². The number of hydrogen-bond donors (Lipinski definition) is 0. The summed E-state index contributed by atoms with van der Waals surface area (Å²) in [6.45, 7) is 5.48. The second-order valence-electron chi connectivity index (χ2n) is 5.38. The highest BCUT2D eigenvalue weighted by Crippen LogP contribution is 2.36. The van der Waals surface area contributed by atoms with Gasteiger partial charge in [0.15, 0.2) is 15.0 Å². The highest BCUT2D eigenvalue weighted by atomic mass is 32.2. The summed E-state index contributed by atoms with van der Waals surface area (Å²) in [6.07, 6.45) is 0. The highest BCUT2D eigenvalue weighted by Gasteiger charge is 2.43. The van der Waals surface area contributed by atoms with E-state index in [1.807, 2.05) is 31.2 Å². The first-order valence-corrected chi connectivity index (χ1v) is 10.2. The highest BCUT2D eigenvalue weighted by molar-refractivity contribution is 8.15. The second-order valence-corrected chi connectivity index (χ2v) is 8.74. The molecule has 2 aliphatic heterocycles. The van der Waals surface area contributed by atoms with E-state index in [1.165, 1.54) is 0 Å². The van der Waals surface area contributed by atoms with Crippen molar-refractivity contribution in [3.05, 3.63) is 24.3 Å². The molecule has 22 heavy (non-hydrogen) atoms. The van der Waals surface area contributed by atoms with Crippen molar-refractivity contribution in [2.24, 2.45) is 4.99 Å². The monoisotopic (exact) mass is 340 g/mol. The van der Waals surface area contributed by atoms with Crippen molar-refractivity contribution in [2.75, 3.05) is 29.6 Å². The van der Waals surface area contributed by atoms with E-state index < -0.39 is 9.84 Å². The number of anilines is 1. The number of amidine groups is 1. The van der Waals surface area contributed by atoms with Gasteiger partial charge in [0.2, 0.25) is 0 Å².